The minimum Gasteiger partial charge on any atom is -0.235 e. The molecule has 0 saturated heterocycles. The minimum atomic E-state index is 0.537. The largest absolute Gasteiger partial charge is 0.235 e. The van der Waals surface area contributed by atoms with Gasteiger partial charge in [0, 0.05) is 11.8 Å². The molecule has 0 unspecified atom stereocenters. The zero-order valence-corrected chi connectivity index (χ0v) is 13.7. The number of rotatable bonds is 2. The van der Waals surface area contributed by atoms with E-state index < -0.39 is 0 Å². The second-order valence-corrected chi connectivity index (χ2v) is 5.96. The van der Waals surface area contributed by atoms with Gasteiger partial charge in [-0.2, -0.15) is 0 Å². The zero-order chi connectivity index (χ0) is 17.3. The van der Waals surface area contributed by atoms with Crippen LogP contribution in [-0.2, 0) is 0 Å². The van der Waals surface area contributed by atoms with Crippen LogP contribution in [0, 0.1) is 0 Å². The van der Waals surface area contributed by atoms with Crippen LogP contribution in [0.25, 0.3) is 44.3 Å². The van der Waals surface area contributed by atoms with Gasteiger partial charge in [-0.1, -0.05) is 54.6 Å². The fraction of sp³-hybridized carbons (Fsp3) is 0. The van der Waals surface area contributed by atoms with Gasteiger partial charge >= 0.3 is 0 Å². The summed E-state index contributed by atoms with van der Waals surface area (Å²) in [7, 11) is 0. The molecule has 0 radical (unpaired) electrons. The van der Waals surface area contributed by atoms with Gasteiger partial charge in [-0.3, -0.25) is 0 Å². The van der Waals surface area contributed by atoms with Gasteiger partial charge in [-0.05, 0) is 38.9 Å². The predicted molar refractivity (Wildman–Crippen MR) is 101 cm³/mol. The third-order valence-corrected chi connectivity index (χ3v) is 4.45. The first kappa shape index (κ1) is 14.6. The summed E-state index contributed by atoms with van der Waals surface area (Å²) in [4.78, 5) is 9.03. The lowest BCUT2D eigenvalue weighted by Crippen LogP contribution is -1.96. The molecule has 5 aromatic rings. The van der Waals surface area contributed by atoms with E-state index in [9.17, 15) is 0 Å². The van der Waals surface area contributed by atoms with E-state index in [1.54, 1.807) is 18.5 Å². The first-order chi connectivity index (χ1) is 12.9. The first-order valence-corrected chi connectivity index (χ1v) is 8.29. The van der Waals surface area contributed by atoms with E-state index in [1.165, 1.54) is 16.2 Å². The number of nitrogens with zero attached hydrogens (tertiary/aromatic N) is 5. The van der Waals surface area contributed by atoms with Gasteiger partial charge in [0.25, 0.3) is 0 Å². The van der Waals surface area contributed by atoms with Gasteiger partial charge < -0.3 is 0 Å². The molecule has 0 aliphatic carbocycles. The van der Waals surface area contributed by atoms with Crippen LogP contribution in [0.5, 0.6) is 0 Å². The van der Waals surface area contributed by atoms with Crippen molar-refractivity contribution in [3.63, 3.8) is 0 Å². The van der Waals surface area contributed by atoms with E-state index >= 15 is 0 Å². The topological polar surface area (TPSA) is 64.5 Å². The maximum absolute atomic E-state index is 4.70. The van der Waals surface area contributed by atoms with Crippen LogP contribution in [0.4, 0.5) is 0 Å². The Morgan fingerprint density at radius 1 is 0.615 bits per heavy atom. The van der Waals surface area contributed by atoms with E-state index in [0.717, 1.165) is 16.6 Å². The van der Waals surface area contributed by atoms with E-state index in [4.69, 9.17) is 4.98 Å². The van der Waals surface area contributed by atoms with E-state index in [1.807, 2.05) is 6.07 Å². The quantitative estimate of drug-likeness (QED) is 0.450. The molecule has 5 heteroatoms. The molecule has 5 rings (SSSR count). The van der Waals surface area contributed by atoms with Crippen molar-refractivity contribution in [2.75, 3.05) is 0 Å². The van der Waals surface area contributed by atoms with Crippen molar-refractivity contribution < 1.29 is 0 Å². The molecule has 5 nitrogen and oxygen atoms in total. The standard InChI is InChI=1S/C21H13N5/c1-2-5-15-14(4-1)8-9-17-16(15)6-3-7-18(17)19-10-12-22-21(24-19)20-11-13-23-26-25-20/h1-13H. The molecule has 0 bridgehead atoms. The van der Waals surface area contributed by atoms with Crippen LogP contribution in [-0.4, -0.2) is 25.4 Å². The Hall–Kier alpha value is -3.73. The average molecular weight is 335 g/mol. The number of hydrogen-bond acceptors (Lipinski definition) is 5. The van der Waals surface area contributed by atoms with Crippen LogP contribution < -0.4 is 0 Å². The van der Waals surface area contributed by atoms with Crippen LogP contribution in [0.15, 0.2) is 79.1 Å². The molecule has 0 saturated carbocycles. The highest BCUT2D eigenvalue weighted by Gasteiger charge is 2.10. The van der Waals surface area contributed by atoms with Crippen molar-refractivity contribution in [2.45, 2.75) is 0 Å². The molecule has 3 aromatic carbocycles. The highest BCUT2D eigenvalue weighted by molar-refractivity contribution is 6.11. The Kier molecular flexibility index (Phi) is 3.35. The van der Waals surface area contributed by atoms with Crippen molar-refractivity contribution in [2.24, 2.45) is 0 Å². The van der Waals surface area contributed by atoms with Gasteiger partial charge in [0.05, 0.1) is 11.9 Å². The minimum absolute atomic E-state index is 0.537. The Bertz CT molecular complexity index is 1240. The molecule has 2 heterocycles. The molecule has 122 valence electrons. The summed E-state index contributed by atoms with van der Waals surface area (Å²) in [6.45, 7) is 0. The lowest BCUT2D eigenvalue weighted by atomic mass is 9.97. The van der Waals surface area contributed by atoms with Crippen molar-refractivity contribution in [1.29, 1.82) is 0 Å². The fourth-order valence-corrected chi connectivity index (χ4v) is 3.26. The SMILES string of the molecule is c1ccc2c(c1)ccc1c(-c3ccnc(-c4ccnnn4)n3)cccc12. The molecule has 0 aliphatic heterocycles. The lowest BCUT2D eigenvalue weighted by Gasteiger charge is -2.09. The van der Waals surface area contributed by atoms with Gasteiger partial charge in [0.15, 0.2) is 5.82 Å². The maximum atomic E-state index is 4.70. The van der Waals surface area contributed by atoms with Crippen LogP contribution in [0.3, 0.4) is 0 Å². The first-order valence-electron chi connectivity index (χ1n) is 8.29. The molecule has 26 heavy (non-hydrogen) atoms. The second kappa shape index (κ2) is 5.97. The molecule has 0 aliphatic rings. The molecular formula is C21H13N5. The van der Waals surface area contributed by atoms with Crippen LogP contribution >= 0.6 is 0 Å². The van der Waals surface area contributed by atoms with Crippen molar-refractivity contribution in [1.82, 2.24) is 25.4 Å². The summed E-state index contributed by atoms with van der Waals surface area (Å²) in [5.41, 5.74) is 2.53. The Morgan fingerprint density at radius 2 is 1.50 bits per heavy atom. The summed E-state index contributed by atoms with van der Waals surface area (Å²) < 4.78 is 0. The smallest absolute Gasteiger partial charge is 0.180 e. The molecule has 0 amide bonds. The Morgan fingerprint density at radius 3 is 2.42 bits per heavy atom. The van der Waals surface area contributed by atoms with Gasteiger partial charge in [-0.15, -0.1) is 10.2 Å². The summed E-state index contributed by atoms with van der Waals surface area (Å²) in [5, 5.41) is 16.2. The fourth-order valence-electron chi connectivity index (χ4n) is 3.26. The zero-order valence-electron chi connectivity index (χ0n) is 13.7. The highest BCUT2D eigenvalue weighted by atomic mass is 15.3. The molecule has 0 N–H and O–H groups in total. The van der Waals surface area contributed by atoms with Crippen molar-refractivity contribution in [3.05, 3.63) is 79.1 Å². The third-order valence-electron chi connectivity index (χ3n) is 4.45. The molecule has 0 fully saturated rings. The van der Waals surface area contributed by atoms with Crippen LogP contribution in [0.2, 0.25) is 0 Å². The Balaban J connectivity index is 1.74. The molecular weight excluding hydrogens is 322 g/mol. The second-order valence-electron chi connectivity index (χ2n) is 5.96. The summed E-state index contributed by atoms with van der Waals surface area (Å²) in [6, 6.07) is 22.7. The number of fused-ring (bicyclic) bond motifs is 3. The number of aromatic nitrogens is 5. The summed E-state index contributed by atoms with van der Waals surface area (Å²) in [6.07, 6.45) is 3.34. The highest BCUT2D eigenvalue weighted by Crippen LogP contribution is 2.32. The number of benzene rings is 3. The maximum Gasteiger partial charge on any atom is 0.180 e. The molecule has 2 aromatic heterocycles. The van der Waals surface area contributed by atoms with Crippen molar-refractivity contribution >= 4 is 21.5 Å². The molecule has 0 atom stereocenters. The predicted octanol–water partition coefficient (Wildman–Crippen LogP) is 4.30. The Labute approximate surface area is 149 Å². The average Bonchev–Trinajstić information content (AvgIpc) is 2.74. The monoisotopic (exact) mass is 335 g/mol. The summed E-state index contributed by atoms with van der Waals surface area (Å²) in [5.74, 6) is 0.537. The molecule has 0 spiro atoms. The van der Waals surface area contributed by atoms with E-state index in [-0.39, 0.29) is 0 Å². The normalized spacial score (nSPS) is 11.1. The lowest BCUT2D eigenvalue weighted by molar-refractivity contribution is 0.863. The van der Waals surface area contributed by atoms with Gasteiger partial charge in [0.2, 0.25) is 0 Å². The third kappa shape index (κ3) is 2.38. The van der Waals surface area contributed by atoms with Crippen LogP contribution in [0.1, 0.15) is 0 Å². The van der Waals surface area contributed by atoms with E-state index in [2.05, 4.69) is 75.0 Å². The number of hydrogen-bond donors (Lipinski definition) is 0. The summed E-state index contributed by atoms with van der Waals surface area (Å²) >= 11 is 0. The van der Waals surface area contributed by atoms with Crippen molar-refractivity contribution in [3.8, 4) is 22.8 Å². The van der Waals surface area contributed by atoms with E-state index in [0.29, 0.717) is 11.5 Å². The van der Waals surface area contributed by atoms with Gasteiger partial charge in [-0.25, -0.2) is 9.97 Å². The van der Waals surface area contributed by atoms with Gasteiger partial charge in [0.1, 0.15) is 5.69 Å².